The van der Waals surface area contributed by atoms with E-state index in [0.29, 0.717) is 11.3 Å². The standard InChI is InChI=1S/C15H9BrN4O2/c16-11-7-5-10(6-8-11)13-9-17-15(19-18-13)12-3-1-2-4-14(12)20(21)22/h1-9H. The molecule has 3 rings (SSSR count). The highest BCUT2D eigenvalue weighted by Crippen LogP contribution is 2.27. The molecule has 0 saturated heterocycles. The highest BCUT2D eigenvalue weighted by molar-refractivity contribution is 9.10. The SMILES string of the molecule is O=[N+]([O-])c1ccccc1-c1ncc(-c2ccc(Br)cc2)nn1. The van der Waals surface area contributed by atoms with Gasteiger partial charge in [-0.2, -0.15) is 0 Å². The second-order valence-corrected chi connectivity index (χ2v) is 5.36. The van der Waals surface area contributed by atoms with Gasteiger partial charge in [0.05, 0.1) is 16.7 Å². The Labute approximate surface area is 134 Å². The van der Waals surface area contributed by atoms with Gasteiger partial charge in [-0.1, -0.05) is 40.2 Å². The van der Waals surface area contributed by atoms with Crippen molar-refractivity contribution in [2.24, 2.45) is 0 Å². The zero-order valence-corrected chi connectivity index (χ0v) is 12.8. The van der Waals surface area contributed by atoms with E-state index in [4.69, 9.17) is 0 Å². The van der Waals surface area contributed by atoms with Crippen LogP contribution in [0.5, 0.6) is 0 Å². The number of nitro groups is 1. The normalized spacial score (nSPS) is 10.4. The molecule has 22 heavy (non-hydrogen) atoms. The Hall–Kier alpha value is -2.67. The smallest absolute Gasteiger partial charge is 0.258 e. The van der Waals surface area contributed by atoms with Crippen molar-refractivity contribution in [3.05, 3.63) is 69.3 Å². The first kappa shape index (κ1) is 14.3. The molecule has 0 saturated carbocycles. The minimum absolute atomic E-state index is 0.0410. The number of halogens is 1. The summed E-state index contributed by atoms with van der Waals surface area (Å²) >= 11 is 3.37. The first-order valence-electron chi connectivity index (χ1n) is 6.34. The summed E-state index contributed by atoms with van der Waals surface area (Å²) in [6, 6.07) is 13.9. The van der Waals surface area contributed by atoms with Crippen LogP contribution in [0.1, 0.15) is 0 Å². The molecule has 0 aliphatic carbocycles. The Morgan fingerprint density at radius 1 is 1.00 bits per heavy atom. The van der Waals surface area contributed by atoms with Gasteiger partial charge in [0.2, 0.25) is 0 Å². The van der Waals surface area contributed by atoms with Crippen molar-refractivity contribution in [1.29, 1.82) is 0 Å². The van der Waals surface area contributed by atoms with E-state index < -0.39 is 4.92 Å². The molecule has 108 valence electrons. The summed E-state index contributed by atoms with van der Waals surface area (Å²) in [5, 5.41) is 19.2. The van der Waals surface area contributed by atoms with Gasteiger partial charge in [-0.15, -0.1) is 10.2 Å². The second kappa shape index (κ2) is 5.98. The van der Waals surface area contributed by atoms with Crippen molar-refractivity contribution in [3.63, 3.8) is 0 Å². The maximum Gasteiger partial charge on any atom is 0.280 e. The molecule has 6 nitrogen and oxygen atoms in total. The van der Waals surface area contributed by atoms with Crippen molar-refractivity contribution >= 4 is 21.6 Å². The van der Waals surface area contributed by atoms with Gasteiger partial charge in [0, 0.05) is 16.1 Å². The average molecular weight is 357 g/mol. The first-order chi connectivity index (χ1) is 10.6. The van der Waals surface area contributed by atoms with E-state index in [1.165, 1.54) is 6.07 Å². The first-order valence-corrected chi connectivity index (χ1v) is 7.14. The Balaban J connectivity index is 1.98. The zero-order valence-electron chi connectivity index (χ0n) is 11.2. The number of hydrogen-bond donors (Lipinski definition) is 0. The highest BCUT2D eigenvalue weighted by Gasteiger charge is 2.16. The van der Waals surface area contributed by atoms with Crippen LogP contribution in [0.3, 0.4) is 0 Å². The van der Waals surface area contributed by atoms with Crippen molar-refractivity contribution in [1.82, 2.24) is 15.2 Å². The number of nitro benzene ring substituents is 1. The van der Waals surface area contributed by atoms with Crippen LogP contribution in [-0.2, 0) is 0 Å². The predicted molar refractivity (Wildman–Crippen MR) is 85.1 cm³/mol. The molecule has 1 aromatic heterocycles. The van der Waals surface area contributed by atoms with Crippen LogP contribution in [-0.4, -0.2) is 20.1 Å². The fourth-order valence-corrected chi connectivity index (χ4v) is 2.24. The minimum Gasteiger partial charge on any atom is -0.258 e. The van der Waals surface area contributed by atoms with Crippen LogP contribution >= 0.6 is 15.9 Å². The van der Waals surface area contributed by atoms with Gasteiger partial charge in [-0.25, -0.2) is 4.98 Å². The van der Waals surface area contributed by atoms with E-state index in [0.717, 1.165) is 10.0 Å². The Bertz CT molecular complexity index is 820. The molecule has 0 atom stereocenters. The molecule has 0 unspecified atom stereocenters. The Morgan fingerprint density at radius 2 is 1.73 bits per heavy atom. The van der Waals surface area contributed by atoms with Crippen molar-refractivity contribution in [2.75, 3.05) is 0 Å². The quantitative estimate of drug-likeness (QED) is 0.525. The highest BCUT2D eigenvalue weighted by atomic mass is 79.9. The molecule has 0 radical (unpaired) electrons. The molecule has 0 aliphatic rings. The number of benzene rings is 2. The molecular formula is C15H9BrN4O2. The molecule has 0 N–H and O–H groups in total. The Morgan fingerprint density at radius 3 is 2.36 bits per heavy atom. The van der Waals surface area contributed by atoms with Crippen molar-refractivity contribution < 1.29 is 4.92 Å². The molecule has 2 aromatic carbocycles. The molecule has 0 bridgehead atoms. The zero-order chi connectivity index (χ0) is 15.5. The third-order valence-electron chi connectivity index (χ3n) is 3.04. The molecular weight excluding hydrogens is 348 g/mol. The molecule has 0 spiro atoms. The maximum atomic E-state index is 11.0. The monoisotopic (exact) mass is 356 g/mol. The van der Waals surface area contributed by atoms with Gasteiger partial charge in [-0.3, -0.25) is 10.1 Å². The molecule has 7 heteroatoms. The lowest BCUT2D eigenvalue weighted by molar-refractivity contribution is -0.384. The van der Waals surface area contributed by atoms with Gasteiger partial charge < -0.3 is 0 Å². The van der Waals surface area contributed by atoms with Crippen molar-refractivity contribution in [3.8, 4) is 22.6 Å². The fraction of sp³-hybridized carbons (Fsp3) is 0. The minimum atomic E-state index is -0.457. The van der Waals surface area contributed by atoms with Gasteiger partial charge >= 0.3 is 0 Å². The van der Waals surface area contributed by atoms with Crippen LogP contribution in [0.4, 0.5) is 5.69 Å². The summed E-state index contributed by atoms with van der Waals surface area (Å²) < 4.78 is 0.966. The molecule has 3 aromatic rings. The number of para-hydroxylation sites is 1. The van der Waals surface area contributed by atoms with Gasteiger partial charge in [0.25, 0.3) is 5.69 Å². The maximum absolute atomic E-state index is 11.0. The summed E-state index contributed by atoms with van der Waals surface area (Å²) in [5.74, 6) is 0.230. The fourth-order valence-electron chi connectivity index (χ4n) is 1.97. The second-order valence-electron chi connectivity index (χ2n) is 4.45. The molecule has 0 aliphatic heterocycles. The third kappa shape index (κ3) is 2.84. The van der Waals surface area contributed by atoms with E-state index in [1.54, 1.807) is 24.4 Å². The number of nitrogens with zero attached hydrogens (tertiary/aromatic N) is 4. The van der Waals surface area contributed by atoms with E-state index in [9.17, 15) is 10.1 Å². The van der Waals surface area contributed by atoms with Crippen LogP contribution < -0.4 is 0 Å². The molecule has 0 fully saturated rings. The van der Waals surface area contributed by atoms with Crippen LogP contribution in [0.15, 0.2) is 59.2 Å². The predicted octanol–water partition coefficient (Wildman–Crippen LogP) is 3.88. The topological polar surface area (TPSA) is 81.8 Å². The van der Waals surface area contributed by atoms with Gasteiger partial charge in [-0.05, 0) is 18.2 Å². The van der Waals surface area contributed by atoms with Crippen molar-refractivity contribution in [2.45, 2.75) is 0 Å². The van der Waals surface area contributed by atoms with Gasteiger partial charge in [0.1, 0.15) is 5.69 Å². The van der Waals surface area contributed by atoms with E-state index in [-0.39, 0.29) is 11.5 Å². The van der Waals surface area contributed by atoms with Crippen LogP contribution in [0, 0.1) is 10.1 Å². The summed E-state index contributed by atoms with van der Waals surface area (Å²) in [6.45, 7) is 0. The molecule has 1 heterocycles. The van der Waals surface area contributed by atoms with E-state index >= 15 is 0 Å². The van der Waals surface area contributed by atoms with Gasteiger partial charge in [0.15, 0.2) is 5.82 Å². The largest absolute Gasteiger partial charge is 0.280 e. The number of aromatic nitrogens is 3. The Kier molecular flexibility index (Phi) is 3.88. The lowest BCUT2D eigenvalue weighted by Gasteiger charge is -2.03. The number of rotatable bonds is 3. The summed E-state index contributed by atoms with van der Waals surface area (Å²) in [5.41, 5.74) is 1.79. The average Bonchev–Trinajstić information content (AvgIpc) is 2.56. The van der Waals surface area contributed by atoms with E-state index in [2.05, 4.69) is 31.1 Å². The number of hydrogen-bond acceptors (Lipinski definition) is 5. The summed E-state index contributed by atoms with van der Waals surface area (Å²) in [6.07, 6.45) is 1.56. The third-order valence-corrected chi connectivity index (χ3v) is 3.57. The van der Waals surface area contributed by atoms with E-state index in [1.807, 2.05) is 24.3 Å². The van der Waals surface area contributed by atoms with Crippen LogP contribution in [0.2, 0.25) is 0 Å². The molecule has 0 amide bonds. The summed E-state index contributed by atoms with van der Waals surface area (Å²) in [7, 11) is 0. The van der Waals surface area contributed by atoms with Crippen LogP contribution in [0.25, 0.3) is 22.6 Å². The lowest BCUT2D eigenvalue weighted by Crippen LogP contribution is -1.98. The lowest BCUT2D eigenvalue weighted by atomic mass is 10.1. The summed E-state index contributed by atoms with van der Waals surface area (Å²) in [4.78, 5) is 14.8.